The van der Waals surface area contributed by atoms with Crippen LogP contribution in [0.1, 0.15) is 45.6 Å². The zero-order valence-electron chi connectivity index (χ0n) is 18.7. The minimum atomic E-state index is -1.79. The van der Waals surface area contributed by atoms with Gasteiger partial charge in [0.05, 0.1) is 21.9 Å². The summed E-state index contributed by atoms with van der Waals surface area (Å²) in [6.45, 7) is 5.86. The highest BCUT2D eigenvalue weighted by Gasteiger charge is 2.57. The molecule has 1 aromatic carbocycles. The van der Waals surface area contributed by atoms with E-state index in [4.69, 9.17) is 4.74 Å². The average Bonchev–Trinajstić information content (AvgIpc) is 3.47. The van der Waals surface area contributed by atoms with Gasteiger partial charge < -0.3 is 9.29 Å². The third-order valence-corrected chi connectivity index (χ3v) is 12.1. The summed E-state index contributed by atoms with van der Waals surface area (Å²) in [5.41, 5.74) is -0.197. The Morgan fingerprint density at radius 1 is 1.47 bits per heavy atom. The Balaban J connectivity index is 1.94. The molecule has 0 bridgehead atoms. The van der Waals surface area contributed by atoms with Gasteiger partial charge in [-0.05, 0) is 66.8 Å². The van der Waals surface area contributed by atoms with E-state index < -0.39 is 45.2 Å². The number of hydrogen-bond acceptors (Lipinski definition) is 4. The van der Waals surface area contributed by atoms with E-state index in [1.54, 1.807) is 23.1 Å². The van der Waals surface area contributed by atoms with Crippen LogP contribution in [0.25, 0.3) is 0 Å². The fraction of sp³-hybridized carbons (Fsp3) is 0.619. The normalized spacial score (nSPS) is 26.8. The summed E-state index contributed by atoms with van der Waals surface area (Å²) in [6, 6.07) is 4.65. The molecule has 3 atom stereocenters. The molecule has 0 radical (unpaired) electrons. The first-order valence-corrected chi connectivity index (χ1v) is 15.3. The molecule has 1 saturated carbocycles. The quantitative estimate of drug-likeness (QED) is 0.264. The Morgan fingerprint density at radius 3 is 2.75 bits per heavy atom. The predicted molar refractivity (Wildman–Crippen MR) is 137 cm³/mol. The van der Waals surface area contributed by atoms with E-state index in [-0.39, 0.29) is 12.2 Å². The maximum absolute atomic E-state index is 14.9. The molecule has 3 rings (SSSR count). The Hall–Kier alpha value is -0.330. The first-order chi connectivity index (χ1) is 14.9. The van der Waals surface area contributed by atoms with Gasteiger partial charge in [0.25, 0.3) is 5.00 Å². The average molecular weight is 574 g/mol. The van der Waals surface area contributed by atoms with Crippen LogP contribution in [0.4, 0.5) is 13.6 Å². The minimum absolute atomic E-state index is 0.259. The third kappa shape index (κ3) is 6.41. The number of benzene rings is 1. The lowest BCUT2D eigenvalue weighted by Gasteiger charge is -2.35. The van der Waals surface area contributed by atoms with Gasteiger partial charge in [-0.3, -0.25) is 4.90 Å². The second-order valence-electron chi connectivity index (χ2n) is 8.94. The van der Waals surface area contributed by atoms with Crippen molar-refractivity contribution in [2.75, 3.05) is 18.6 Å². The second-order valence-corrected chi connectivity index (χ2v) is 14.9. The SMILES string of the molecule is C/[SH]=C1/[C@H](Cc2cccc(Br)c2F)N(C(=O)OC(C)(C)C)CCC[SH]1N[S+]([O-])C1(F)CC1. The molecule has 0 aromatic heterocycles. The van der Waals surface area contributed by atoms with Crippen LogP contribution in [0.3, 0.4) is 0 Å². The molecule has 2 unspecified atom stereocenters. The molecule has 1 N–H and O–H groups in total. The third-order valence-electron chi connectivity index (χ3n) is 5.20. The zero-order chi connectivity index (χ0) is 23.7. The number of carbonyl (C=O) groups is 1. The highest BCUT2D eigenvalue weighted by molar-refractivity contribution is 9.10. The summed E-state index contributed by atoms with van der Waals surface area (Å²) in [4.78, 5) is 14.8. The first-order valence-electron chi connectivity index (χ1n) is 10.5. The van der Waals surface area contributed by atoms with E-state index in [0.717, 1.165) is 15.5 Å². The van der Waals surface area contributed by atoms with E-state index in [9.17, 15) is 18.1 Å². The van der Waals surface area contributed by atoms with Crippen molar-refractivity contribution in [2.24, 2.45) is 0 Å². The summed E-state index contributed by atoms with van der Waals surface area (Å²) in [7, 11) is 0. The Kier molecular flexibility index (Phi) is 8.64. The summed E-state index contributed by atoms with van der Waals surface area (Å²) in [5.74, 6) is 0.305. The minimum Gasteiger partial charge on any atom is -0.595 e. The Bertz CT molecular complexity index is 880. The van der Waals surface area contributed by atoms with Crippen LogP contribution in [0.15, 0.2) is 22.7 Å². The molecule has 1 aromatic rings. The van der Waals surface area contributed by atoms with Gasteiger partial charge in [-0.1, -0.05) is 16.3 Å². The molecule has 11 heteroatoms. The van der Waals surface area contributed by atoms with Gasteiger partial charge in [-0.15, -0.1) is 11.1 Å². The fourth-order valence-electron chi connectivity index (χ4n) is 3.47. The van der Waals surface area contributed by atoms with E-state index in [2.05, 4.69) is 20.1 Å². The number of rotatable bonds is 5. The van der Waals surface area contributed by atoms with E-state index in [1.165, 1.54) is 0 Å². The van der Waals surface area contributed by atoms with E-state index >= 15 is 0 Å². The number of nitrogens with one attached hydrogen (secondary N) is 1. The summed E-state index contributed by atoms with van der Waals surface area (Å²) in [5, 5.41) is -1.65. The van der Waals surface area contributed by atoms with Crippen LogP contribution in [0.2, 0.25) is 0 Å². The highest BCUT2D eigenvalue weighted by atomic mass is 79.9. The lowest BCUT2D eigenvalue weighted by atomic mass is 10.1. The van der Waals surface area contributed by atoms with Gasteiger partial charge in [0.2, 0.25) is 0 Å². The molecule has 2 aliphatic rings. The Labute approximate surface area is 206 Å². The molecule has 0 spiro atoms. The van der Waals surface area contributed by atoms with E-state index in [1.807, 2.05) is 27.0 Å². The van der Waals surface area contributed by atoms with Crippen molar-refractivity contribution >= 4 is 60.0 Å². The lowest BCUT2D eigenvalue weighted by molar-refractivity contribution is 0.0218. The van der Waals surface area contributed by atoms with Crippen molar-refractivity contribution in [3.05, 3.63) is 34.1 Å². The monoisotopic (exact) mass is 572 g/mol. The maximum Gasteiger partial charge on any atom is 0.410 e. The molecule has 2 fully saturated rings. The number of amides is 1. The van der Waals surface area contributed by atoms with Crippen molar-refractivity contribution in [2.45, 2.75) is 63.1 Å². The largest absolute Gasteiger partial charge is 0.595 e. The zero-order valence-corrected chi connectivity index (χ0v) is 22.9. The molecule has 1 saturated heterocycles. The molecule has 1 heterocycles. The molecule has 5 nitrogen and oxygen atoms in total. The number of alkyl halides is 1. The van der Waals surface area contributed by atoms with Crippen LogP contribution < -0.4 is 4.13 Å². The van der Waals surface area contributed by atoms with Gasteiger partial charge in [-0.2, -0.15) is 15.7 Å². The van der Waals surface area contributed by atoms with Gasteiger partial charge in [0.1, 0.15) is 11.4 Å². The van der Waals surface area contributed by atoms with Crippen molar-refractivity contribution in [1.29, 1.82) is 0 Å². The van der Waals surface area contributed by atoms with Crippen LogP contribution in [-0.4, -0.2) is 54.9 Å². The van der Waals surface area contributed by atoms with Crippen molar-refractivity contribution in [3.8, 4) is 0 Å². The number of hydrogen-bond donors (Lipinski definition) is 3. The molecule has 32 heavy (non-hydrogen) atoms. The van der Waals surface area contributed by atoms with Gasteiger partial charge in [0, 0.05) is 30.0 Å². The molecule has 182 valence electrons. The summed E-state index contributed by atoms with van der Waals surface area (Å²) >= 11 is 1.20. The standard InChI is InChI=1S/C21H31BrF2N2O3S3/c1-20(2,3)29-19(27)26-11-6-12-31(25-32(28)21(24)9-10-21)18(30-4)16(26)13-14-7-5-8-15(22)17(14)23/h5,7-8,16,25,30-31H,6,9-13H2,1-4H3/t16-,32?/m0/s1. The van der Waals surface area contributed by atoms with Crippen molar-refractivity contribution in [1.82, 2.24) is 9.03 Å². The van der Waals surface area contributed by atoms with Crippen LogP contribution in [0.5, 0.6) is 0 Å². The van der Waals surface area contributed by atoms with Crippen LogP contribution >= 0.6 is 38.4 Å². The van der Waals surface area contributed by atoms with Crippen molar-refractivity contribution in [3.63, 3.8) is 0 Å². The fourth-order valence-corrected chi connectivity index (χ4v) is 9.98. The summed E-state index contributed by atoms with van der Waals surface area (Å²) < 4.78 is 51.9. The first kappa shape index (κ1) is 26.3. The Morgan fingerprint density at radius 2 is 2.16 bits per heavy atom. The van der Waals surface area contributed by atoms with Crippen LogP contribution in [-0.2, 0) is 22.5 Å². The van der Waals surface area contributed by atoms with Gasteiger partial charge >= 0.3 is 6.09 Å². The predicted octanol–water partition coefficient (Wildman–Crippen LogP) is 4.99. The lowest BCUT2D eigenvalue weighted by Crippen LogP contribution is -2.48. The highest BCUT2D eigenvalue weighted by Crippen LogP contribution is 2.47. The van der Waals surface area contributed by atoms with Gasteiger partial charge in [0.15, 0.2) is 0 Å². The maximum atomic E-state index is 14.9. The molecular weight excluding hydrogens is 542 g/mol. The molecule has 1 amide bonds. The summed E-state index contributed by atoms with van der Waals surface area (Å²) in [6.07, 6.45) is 3.00. The molecular formula is C21H31BrF2N2O3S3. The second kappa shape index (κ2) is 10.5. The molecule has 1 aliphatic heterocycles. The van der Waals surface area contributed by atoms with Crippen molar-refractivity contribution < 1.29 is 22.9 Å². The number of carbonyl (C=O) groups excluding carboxylic acids is 1. The van der Waals surface area contributed by atoms with E-state index in [0.29, 0.717) is 41.6 Å². The van der Waals surface area contributed by atoms with Crippen LogP contribution in [0, 0.1) is 5.82 Å². The smallest absolute Gasteiger partial charge is 0.410 e. The number of halogens is 3. The molecule has 1 aliphatic carbocycles. The number of thiol groups is 2. The topological polar surface area (TPSA) is 64.6 Å². The number of nitrogens with zero attached hydrogens (tertiary/aromatic N) is 1. The van der Waals surface area contributed by atoms with Gasteiger partial charge in [-0.25, -0.2) is 9.18 Å². The number of ether oxygens (including phenoxy) is 1.